The van der Waals surface area contributed by atoms with Gasteiger partial charge in [0.25, 0.3) is 0 Å². The Kier molecular flexibility index (Phi) is 3.12. The molecule has 2 heterocycles. The van der Waals surface area contributed by atoms with Crippen LogP contribution in [0.15, 0.2) is 6.20 Å². The molecule has 0 aromatic carbocycles. The van der Waals surface area contributed by atoms with Gasteiger partial charge in [0.05, 0.1) is 17.3 Å². The number of aromatic nitrogens is 2. The van der Waals surface area contributed by atoms with Crippen molar-refractivity contribution in [3.8, 4) is 0 Å². The highest BCUT2D eigenvalue weighted by Gasteiger charge is 2.39. The lowest BCUT2D eigenvalue weighted by Gasteiger charge is -2.25. The van der Waals surface area contributed by atoms with Crippen molar-refractivity contribution in [3.63, 3.8) is 0 Å². The van der Waals surface area contributed by atoms with E-state index in [0.29, 0.717) is 25.9 Å². The second-order valence-electron chi connectivity index (χ2n) is 3.76. The second kappa shape index (κ2) is 4.25. The molecule has 1 saturated heterocycles. The summed E-state index contributed by atoms with van der Waals surface area (Å²) in [7, 11) is 0. The van der Waals surface area contributed by atoms with Crippen LogP contribution in [-0.4, -0.2) is 22.9 Å². The zero-order chi connectivity index (χ0) is 11.8. The van der Waals surface area contributed by atoms with E-state index in [9.17, 15) is 13.2 Å². The van der Waals surface area contributed by atoms with Gasteiger partial charge >= 0.3 is 6.18 Å². The Labute approximate surface area is 95.6 Å². The smallest absolute Gasteiger partial charge is 0.317 e. The molecule has 1 aliphatic rings. The first-order valence-corrected chi connectivity index (χ1v) is 5.39. The zero-order valence-corrected chi connectivity index (χ0v) is 9.15. The van der Waals surface area contributed by atoms with E-state index in [4.69, 9.17) is 11.6 Å². The van der Waals surface area contributed by atoms with Gasteiger partial charge in [-0.15, -0.1) is 0 Å². The van der Waals surface area contributed by atoms with E-state index in [2.05, 4.69) is 10.4 Å². The monoisotopic (exact) mass is 253 g/mol. The number of hydrogen-bond acceptors (Lipinski definition) is 2. The van der Waals surface area contributed by atoms with Crippen LogP contribution < -0.4 is 5.32 Å². The third-order valence-electron chi connectivity index (χ3n) is 2.67. The number of rotatable bonds is 1. The molecular weight excluding hydrogens is 243 g/mol. The first-order valence-electron chi connectivity index (χ1n) is 5.01. The molecule has 0 saturated carbocycles. The molecule has 0 unspecified atom stereocenters. The van der Waals surface area contributed by atoms with Crippen molar-refractivity contribution in [3.05, 3.63) is 16.9 Å². The summed E-state index contributed by atoms with van der Waals surface area (Å²) in [4.78, 5) is 0. The van der Waals surface area contributed by atoms with E-state index in [0.717, 1.165) is 10.9 Å². The van der Waals surface area contributed by atoms with Gasteiger partial charge in [0.1, 0.15) is 0 Å². The maximum Gasteiger partial charge on any atom is 0.434 e. The van der Waals surface area contributed by atoms with E-state index in [-0.39, 0.29) is 11.1 Å². The normalized spacial score (nSPS) is 19.0. The summed E-state index contributed by atoms with van der Waals surface area (Å²) in [6.45, 7) is 1.42. The fourth-order valence-corrected chi connectivity index (χ4v) is 2.17. The molecule has 7 heteroatoms. The third kappa shape index (κ3) is 2.17. The van der Waals surface area contributed by atoms with Crippen LogP contribution in [0.5, 0.6) is 0 Å². The maximum absolute atomic E-state index is 12.7. The highest BCUT2D eigenvalue weighted by molar-refractivity contribution is 6.31. The highest BCUT2D eigenvalue weighted by Crippen LogP contribution is 2.37. The van der Waals surface area contributed by atoms with Crippen LogP contribution in [-0.2, 0) is 6.18 Å². The Morgan fingerprint density at radius 3 is 2.56 bits per heavy atom. The molecule has 2 rings (SSSR count). The van der Waals surface area contributed by atoms with E-state index >= 15 is 0 Å². The van der Waals surface area contributed by atoms with Crippen LogP contribution in [0.4, 0.5) is 13.2 Å². The summed E-state index contributed by atoms with van der Waals surface area (Å²) in [6, 6.07) is -0.217. The van der Waals surface area contributed by atoms with Crippen LogP contribution in [0.25, 0.3) is 0 Å². The van der Waals surface area contributed by atoms with E-state index in [1.165, 1.54) is 0 Å². The van der Waals surface area contributed by atoms with Gasteiger partial charge in [-0.2, -0.15) is 18.3 Å². The minimum absolute atomic E-state index is 0.217. The van der Waals surface area contributed by atoms with Crippen molar-refractivity contribution in [2.75, 3.05) is 13.1 Å². The fourth-order valence-electron chi connectivity index (χ4n) is 1.93. The summed E-state index contributed by atoms with van der Waals surface area (Å²) < 4.78 is 39.2. The molecule has 1 fully saturated rings. The minimum Gasteiger partial charge on any atom is -0.317 e. The number of halogens is 4. The molecule has 0 spiro atoms. The number of nitrogens with one attached hydrogen (secondary N) is 1. The molecule has 0 atom stereocenters. The Morgan fingerprint density at radius 2 is 2.00 bits per heavy atom. The summed E-state index contributed by atoms with van der Waals surface area (Å²) >= 11 is 5.53. The van der Waals surface area contributed by atoms with Crippen LogP contribution in [0.1, 0.15) is 24.6 Å². The number of piperidine rings is 1. The summed E-state index contributed by atoms with van der Waals surface area (Å²) in [5.74, 6) is 0. The average Bonchev–Trinajstić information content (AvgIpc) is 2.61. The van der Waals surface area contributed by atoms with Gasteiger partial charge in [0.2, 0.25) is 0 Å². The average molecular weight is 254 g/mol. The SMILES string of the molecule is FC(F)(F)c1c(Cl)cnn1C1CCNCC1. The summed E-state index contributed by atoms with van der Waals surface area (Å²) in [5.41, 5.74) is -0.832. The van der Waals surface area contributed by atoms with Crippen molar-refractivity contribution in [2.24, 2.45) is 0 Å². The Morgan fingerprint density at radius 1 is 1.38 bits per heavy atom. The second-order valence-corrected chi connectivity index (χ2v) is 4.17. The van der Waals surface area contributed by atoms with Crippen molar-refractivity contribution in [1.29, 1.82) is 0 Å². The first-order chi connectivity index (χ1) is 7.50. The lowest BCUT2D eigenvalue weighted by Crippen LogP contribution is -2.31. The quantitative estimate of drug-likeness (QED) is 0.833. The molecule has 1 aromatic heterocycles. The van der Waals surface area contributed by atoms with E-state index < -0.39 is 11.9 Å². The van der Waals surface area contributed by atoms with Crippen molar-refractivity contribution in [2.45, 2.75) is 25.1 Å². The van der Waals surface area contributed by atoms with Gasteiger partial charge < -0.3 is 5.32 Å². The summed E-state index contributed by atoms with van der Waals surface area (Å²) in [5, 5.41) is 6.51. The standard InChI is InChI=1S/C9H11ClF3N3/c10-7-5-15-16(8(7)9(11,12)13)6-1-3-14-4-2-6/h5-6,14H,1-4H2. The molecule has 1 aromatic rings. The molecular formula is C9H11ClF3N3. The Hall–Kier alpha value is -0.750. The number of nitrogens with zero attached hydrogens (tertiary/aromatic N) is 2. The molecule has 0 amide bonds. The van der Waals surface area contributed by atoms with E-state index in [1.54, 1.807) is 0 Å². The molecule has 0 aliphatic carbocycles. The van der Waals surface area contributed by atoms with Crippen LogP contribution in [0.2, 0.25) is 5.02 Å². The zero-order valence-electron chi connectivity index (χ0n) is 8.39. The van der Waals surface area contributed by atoms with Crippen molar-refractivity contribution in [1.82, 2.24) is 15.1 Å². The topological polar surface area (TPSA) is 29.9 Å². The van der Waals surface area contributed by atoms with Crippen LogP contribution in [0.3, 0.4) is 0 Å². The van der Waals surface area contributed by atoms with Crippen molar-refractivity contribution >= 4 is 11.6 Å². The van der Waals surface area contributed by atoms with Gasteiger partial charge in [0.15, 0.2) is 5.69 Å². The van der Waals surface area contributed by atoms with Crippen LogP contribution in [0, 0.1) is 0 Å². The number of hydrogen-bond donors (Lipinski definition) is 1. The van der Waals surface area contributed by atoms with Gasteiger partial charge in [-0.3, -0.25) is 4.68 Å². The predicted molar refractivity (Wildman–Crippen MR) is 53.4 cm³/mol. The predicted octanol–water partition coefficient (Wildman–Crippen LogP) is 2.48. The molecule has 0 radical (unpaired) electrons. The van der Waals surface area contributed by atoms with Gasteiger partial charge in [0, 0.05) is 0 Å². The molecule has 90 valence electrons. The Bertz CT molecular complexity index is 369. The summed E-state index contributed by atoms with van der Waals surface area (Å²) in [6.07, 6.45) is -2.10. The molecule has 3 nitrogen and oxygen atoms in total. The minimum atomic E-state index is -4.45. The van der Waals surface area contributed by atoms with Crippen LogP contribution >= 0.6 is 11.6 Å². The molecule has 0 bridgehead atoms. The van der Waals surface area contributed by atoms with Crippen molar-refractivity contribution < 1.29 is 13.2 Å². The highest BCUT2D eigenvalue weighted by atomic mass is 35.5. The lowest BCUT2D eigenvalue weighted by atomic mass is 10.1. The number of alkyl halides is 3. The maximum atomic E-state index is 12.7. The van der Waals surface area contributed by atoms with E-state index in [1.807, 2.05) is 0 Å². The van der Waals surface area contributed by atoms with Gasteiger partial charge in [-0.05, 0) is 25.9 Å². The van der Waals surface area contributed by atoms with Gasteiger partial charge in [-0.1, -0.05) is 11.6 Å². The lowest BCUT2D eigenvalue weighted by molar-refractivity contribution is -0.145. The van der Waals surface area contributed by atoms with Gasteiger partial charge in [-0.25, -0.2) is 0 Å². The Balaban J connectivity index is 2.33. The largest absolute Gasteiger partial charge is 0.434 e. The molecule has 1 aliphatic heterocycles. The fraction of sp³-hybridized carbons (Fsp3) is 0.667. The first kappa shape index (κ1) is 11.7. The third-order valence-corrected chi connectivity index (χ3v) is 2.95. The molecule has 1 N–H and O–H groups in total. The molecule has 16 heavy (non-hydrogen) atoms.